The summed E-state index contributed by atoms with van der Waals surface area (Å²) < 4.78 is 3.14. The van der Waals surface area contributed by atoms with Gasteiger partial charge in [-0.25, -0.2) is 5.43 Å². The summed E-state index contributed by atoms with van der Waals surface area (Å²) in [5.41, 5.74) is 6.60. The first-order chi connectivity index (χ1) is 14.3. The summed E-state index contributed by atoms with van der Waals surface area (Å²) in [6.07, 6.45) is 1.63. The minimum absolute atomic E-state index is 0.0224. The molecule has 0 atom stereocenters. The van der Waals surface area contributed by atoms with Crippen molar-refractivity contribution in [2.24, 2.45) is 5.10 Å². The number of thioether (sulfide) groups is 1. The lowest BCUT2D eigenvalue weighted by Crippen LogP contribution is -2.19. The standard InChI is InChI=1S/C21H19BrN4O3S/c1-14-11-16(15(2)25(14)18-5-3-17(22)4-6-18)12-23-24-21(27)13-30-20-9-7-19(8-10-20)26(28)29/h3-12H,13H2,1-2H3,(H,24,27)/b23-12-. The highest BCUT2D eigenvalue weighted by Gasteiger charge is 2.10. The number of nitro benzene ring substituents is 1. The van der Waals surface area contributed by atoms with E-state index in [9.17, 15) is 14.9 Å². The molecule has 0 fully saturated rings. The van der Waals surface area contributed by atoms with Gasteiger partial charge in [0.1, 0.15) is 0 Å². The summed E-state index contributed by atoms with van der Waals surface area (Å²) in [7, 11) is 0. The highest BCUT2D eigenvalue weighted by molar-refractivity contribution is 9.10. The van der Waals surface area contributed by atoms with E-state index in [1.54, 1.807) is 18.3 Å². The second-order valence-electron chi connectivity index (χ2n) is 6.47. The Kier molecular flexibility index (Phi) is 7.07. The average Bonchev–Trinajstić information content (AvgIpc) is 3.01. The van der Waals surface area contributed by atoms with E-state index in [1.807, 2.05) is 44.2 Å². The van der Waals surface area contributed by atoms with E-state index < -0.39 is 4.92 Å². The van der Waals surface area contributed by atoms with Crippen LogP contribution in [-0.2, 0) is 4.79 Å². The van der Waals surface area contributed by atoms with Gasteiger partial charge in [0.15, 0.2) is 0 Å². The van der Waals surface area contributed by atoms with E-state index in [1.165, 1.54) is 23.9 Å². The van der Waals surface area contributed by atoms with Crippen LogP contribution in [-0.4, -0.2) is 27.4 Å². The van der Waals surface area contributed by atoms with Gasteiger partial charge in [0.25, 0.3) is 5.69 Å². The zero-order valence-electron chi connectivity index (χ0n) is 16.3. The number of hydrazone groups is 1. The van der Waals surface area contributed by atoms with Crippen molar-refractivity contribution in [3.05, 3.63) is 86.1 Å². The third-order valence-electron chi connectivity index (χ3n) is 4.37. The smallest absolute Gasteiger partial charge is 0.269 e. The van der Waals surface area contributed by atoms with Crippen LogP contribution in [0.3, 0.4) is 0 Å². The third-order valence-corrected chi connectivity index (χ3v) is 5.91. The summed E-state index contributed by atoms with van der Waals surface area (Å²) in [6.45, 7) is 4.02. The van der Waals surface area contributed by atoms with E-state index >= 15 is 0 Å². The molecule has 0 saturated heterocycles. The minimum Gasteiger partial charge on any atom is -0.318 e. The maximum absolute atomic E-state index is 12.0. The quantitative estimate of drug-likeness (QED) is 0.220. The Labute approximate surface area is 186 Å². The zero-order chi connectivity index (χ0) is 21.7. The molecule has 0 unspecified atom stereocenters. The van der Waals surface area contributed by atoms with Crippen LogP contribution >= 0.6 is 27.7 Å². The predicted molar refractivity (Wildman–Crippen MR) is 123 cm³/mol. The maximum Gasteiger partial charge on any atom is 0.269 e. The van der Waals surface area contributed by atoms with Crippen LogP contribution in [0.25, 0.3) is 5.69 Å². The van der Waals surface area contributed by atoms with Gasteiger partial charge in [0.2, 0.25) is 5.91 Å². The number of carbonyl (C=O) groups is 1. The first kappa shape index (κ1) is 21.8. The van der Waals surface area contributed by atoms with Crippen molar-refractivity contribution < 1.29 is 9.72 Å². The monoisotopic (exact) mass is 486 g/mol. The van der Waals surface area contributed by atoms with Gasteiger partial charge in [-0.3, -0.25) is 14.9 Å². The Bertz CT molecular complexity index is 1090. The fourth-order valence-electron chi connectivity index (χ4n) is 2.92. The number of benzene rings is 2. The van der Waals surface area contributed by atoms with Gasteiger partial charge < -0.3 is 4.57 Å². The van der Waals surface area contributed by atoms with Crippen LogP contribution in [0.4, 0.5) is 5.69 Å². The van der Waals surface area contributed by atoms with Crippen LogP contribution in [0, 0.1) is 24.0 Å². The number of hydrogen-bond donors (Lipinski definition) is 1. The van der Waals surface area contributed by atoms with Gasteiger partial charge in [-0.1, -0.05) is 15.9 Å². The van der Waals surface area contributed by atoms with Gasteiger partial charge >= 0.3 is 0 Å². The van der Waals surface area contributed by atoms with Crippen molar-refractivity contribution in [2.75, 3.05) is 5.75 Å². The average molecular weight is 487 g/mol. The maximum atomic E-state index is 12.0. The van der Waals surface area contributed by atoms with Gasteiger partial charge in [-0.05, 0) is 56.3 Å². The Morgan fingerprint density at radius 2 is 1.87 bits per heavy atom. The largest absolute Gasteiger partial charge is 0.318 e. The lowest BCUT2D eigenvalue weighted by Gasteiger charge is -2.09. The zero-order valence-corrected chi connectivity index (χ0v) is 18.7. The predicted octanol–water partition coefficient (Wildman–Crippen LogP) is 5.01. The van der Waals surface area contributed by atoms with Crippen LogP contribution in [0.1, 0.15) is 17.0 Å². The molecule has 30 heavy (non-hydrogen) atoms. The number of hydrogen-bond acceptors (Lipinski definition) is 5. The number of aromatic nitrogens is 1. The van der Waals surface area contributed by atoms with Gasteiger partial charge in [-0.15, -0.1) is 11.8 Å². The molecular weight excluding hydrogens is 468 g/mol. The van der Waals surface area contributed by atoms with Crippen LogP contribution in [0.15, 0.2) is 69.1 Å². The lowest BCUT2D eigenvalue weighted by molar-refractivity contribution is -0.384. The molecule has 0 spiro atoms. The molecule has 0 radical (unpaired) electrons. The van der Waals surface area contributed by atoms with E-state index in [0.717, 1.165) is 32.0 Å². The summed E-state index contributed by atoms with van der Waals surface area (Å²) in [5, 5.41) is 14.7. The summed E-state index contributed by atoms with van der Waals surface area (Å²) in [4.78, 5) is 23.0. The molecule has 1 N–H and O–H groups in total. The van der Waals surface area contributed by atoms with Gasteiger partial charge in [0, 0.05) is 44.1 Å². The summed E-state index contributed by atoms with van der Waals surface area (Å²) in [5.74, 6) is -0.0936. The number of nitrogens with one attached hydrogen (secondary N) is 1. The number of halogens is 1. The Balaban J connectivity index is 1.58. The summed E-state index contributed by atoms with van der Waals surface area (Å²) in [6, 6.07) is 16.1. The molecule has 0 bridgehead atoms. The molecule has 0 aliphatic heterocycles. The number of aryl methyl sites for hydroxylation is 1. The molecule has 1 heterocycles. The minimum atomic E-state index is -0.455. The van der Waals surface area contributed by atoms with Crippen molar-refractivity contribution in [1.82, 2.24) is 9.99 Å². The van der Waals surface area contributed by atoms with Gasteiger partial charge in [-0.2, -0.15) is 5.10 Å². The molecule has 7 nitrogen and oxygen atoms in total. The number of rotatable bonds is 7. The number of carbonyl (C=O) groups excluding carboxylic acids is 1. The SMILES string of the molecule is Cc1cc(/C=N\NC(=O)CSc2ccc([N+](=O)[O-])cc2)c(C)n1-c1ccc(Br)cc1. The molecule has 3 aromatic rings. The molecule has 3 rings (SSSR count). The molecule has 1 amide bonds. The second-order valence-corrected chi connectivity index (χ2v) is 8.44. The van der Waals surface area contributed by atoms with Crippen molar-refractivity contribution in [2.45, 2.75) is 18.7 Å². The van der Waals surface area contributed by atoms with E-state index in [2.05, 4.69) is 31.0 Å². The van der Waals surface area contributed by atoms with E-state index in [0.29, 0.717) is 0 Å². The second kappa shape index (κ2) is 9.73. The molecule has 9 heteroatoms. The van der Waals surface area contributed by atoms with Crippen molar-refractivity contribution in [3.8, 4) is 5.69 Å². The molecule has 0 saturated carbocycles. The highest BCUT2D eigenvalue weighted by atomic mass is 79.9. The Hall–Kier alpha value is -2.91. The Morgan fingerprint density at radius 3 is 2.50 bits per heavy atom. The molecule has 2 aromatic carbocycles. The fourth-order valence-corrected chi connectivity index (χ4v) is 3.88. The molecule has 0 aliphatic rings. The fraction of sp³-hybridized carbons (Fsp3) is 0.143. The summed E-state index contributed by atoms with van der Waals surface area (Å²) >= 11 is 4.73. The van der Waals surface area contributed by atoms with Crippen LogP contribution in [0.5, 0.6) is 0 Å². The van der Waals surface area contributed by atoms with Crippen molar-refractivity contribution in [3.63, 3.8) is 0 Å². The first-order valence-electron chi connectivity index (χ1n) is 8.99. The van der Waals surface area contributed by atoms with Crippen molar-refractivity contribution in [1.29, 1.82) is 0 Å². The first-order valence-corrected chi connectivity index (χ1v) is 10.8. The lowest BCUT2D eigenvalue weighted by atomic mass is 10.2. The number of amides is 1. The van der Waals surface area contributed by atoms with Crippen LogP contribution < -0.4 is 5.43 Å². The molecule has 1 aromatic heterocycles. The third kappa shape index (κ3) is 5.37. The normalized spacial score (nSPS) is 11.0. The van der Waals surface area contributed by atoms with E-state index in [-0.39, 0.29) is 17.3 Å². The molecular formula is C21H19BrN4O3S. The molecule has 154 valence electrons. The van der Waals surface area contributed by atoms with E-state index in [4.69, 9.17) is 0 Å². The topological polar surface area (TPSA) is 89.5 Å². The van der Waals surface area contributed by atoms with Crippen LogP contribution in [0.2, 0.25) is 0 Å². The van der Waals surface area contributed by atoms with Crippen molar-refractivity contribution >= 4 is 45.5 Å². The number of nitro groups is 1. The van der Waals surface area contributed by atoms with Gasteiger partial charge in [0.05, 0.1) is 16.9 Å². The number of non-ortho nitro benzene ring substituents is 1. The highest BCUT2D eigenvalue weighted by Crippen LogP contribution is 2.22. The number of nitrogens with zero attached hydrogens (tertiary/aromatic N) is 3. The molecule has 0 aliphatic carbocycles. The Morgan fingerprint density at radius 1 is 1.20 bits per heavy atom.